The van der Waals surface area contributed by atoms with Gasteiger partial charge in [-0.05, 0) is 31.5 Å². The summed E-state index contributed by atoms with van der Waals surface area (Å²) in [4.78, 5) is 28.7. The van der Waals surface area contributed by atoms with Crippen molar-refractivity contribution in [3.8, 4) is 5.88 Å². The lowest BCUT2D eigenvalue weighted by Gasteiger charge is -2.25. The molecule has 6 heteroatoms. The largest absolute Gasteiger partial charge is 0.475 e. The van der Waals surface area contributed by atoms with Gasteiger partial charge in [0, 0.05) is 30.4 Å². The molecular weight excluding hydrogens is 318 g/mol. The molecule has 0 radical (unpaired) electrons. The second kappa shape index (κ2) is 7.34. The van der Waals surface area contributed by atoms with Gasteiger partial charge in [0.05, 0.1) is 12.0 Å². The molecule has 1 atom stereocenters. The van der Waals surface area contributed by atoms with Gasteiger partial charge in [0.2, 0.25) is 17.7 Å². The van der Waals surface area contributed by atoms with Crippen LogP contribution in [-0.4, -0.2) is 22.9 Å². The second-order valence-electron chi connectivity index (χ2n) is 6.24. The maximum absolute atomic E-state index is 12.7. The van der Waals surface area contributed by atoms with Crippen molar-refractivity contribution in [3.63, 3.8) is 0 Å². The summed E-state index contributed by atoms with van der Waals surface area (Å²) in [6.45, 7) is 4.15. The standard InChI is InChI=1S/C19H21N3O3/c1-12(2)25-19-13(6-5-9-20-19)11-21-18(24)15-10-17(23)22-16-8-4-3-7-14(15)16/h3-9,12,15H,10-11H2,1-2H3,(H,21,24)(H,22,23)/t15-/m1/s1. The molecule has 1 aromatic heterocycles. The molecule has 0 unspecified atom stereocenters. The molecule has 0 saturated heterocycles. The highest BCUT2D eigenvalue weighted by Crippen LogP contribution is 2.32. The molecule has 2 N–H and O–H groups in total. The van der Waals surface area contributed by atoms with E-state index in [0.29, 0.717) is 18.1 Å². The van der Waals surface area contributed by atoms with E-state index >= 15 is 0 Å². The average Bonchev–Trinajstić information content (AvgIpc) is 2.59. The summed E-state index contributed by atoms with van der Waals surface area (Å²) in [6, 6.07) is 11.1. The van der Waals surface area contributed by atoms with Crippen molar-refractivity contribution in [2.75, 3.05) is 5.32 Å². The van der Waals surface area contributed by atoms with Crippen LogP contribution in [0.3, 0.4) is 0 Å². The fourth-order valence-corrected chi connectivity index (χ4v) is 2.84. The number of ether oxygens (including phenoxy) is 1. The Balaban J connectivity index is 1.73. The Hall–Kier alpha value is -2.89. The first-order valence-corrected chi connectivity index (χ1v) is 8.31. The number of nitrogens with one attached hydrogen (secondary N) is 2. The SMILES string of the molecule is CC(C)Oc1ncccc1CNC(=O)[C@@H]1CC(=O)Nc2ccccc21. The van der Waals surface area contributed by atoms with E-state index in [4.69, 9.17) is 4.74 Å². The van der Waals surface area contributed by atoms with Crippen LogP contribution in [0.25, 0.3) is 0 Å². The summed E-state index contributed by atoms with van der Waals surface area (Å²) >= 11 is 0. The quantitative estimate of drug-likeness (QED) is 0.877. The van der Waals surface area contributed by atoms with Gasteiger partial charge >= 0.3 is 0 Å². The van der Waals surface area contributed by atoms with Crippen molar-refractivity contribution < 1.29 is 14.3 Å². The molecular formula is C19H21N3O3. The summed E-state index contributed by atoms with van der Waals surface area (Å²) in [5.74, 6) is -0.304. The van der Waals surface area contributed by atoms with Crippen molar-refractivity contribution in [2.45, 2.75) is 38.8 Å². The fourth-order valence-electron chi connectivity index (χ4n) is 2.84. The molecule has 6 nitrogen and oxygen atoms in total. The van der Waals surface area contributed by atoms with E-state index in [2.05, 4.69) is 15.6 Å². The van der Waals surface area contributed by atoms with Crippen molar-refractivity contribution in [2.24, 2.45) is 0 Å². The number of amides is 2. The molecule has 1 aliphatic heterocycles. The van der Waals surface area contributed by atoms with Crippen LogP contribution in [0.1, 0.15) is 37.3 Å². The Bertz CT molecular complexity index is 789. The number of carbonyl (C=O) groups is 2. The van der Waals surface area contributed by atoms with Crippen molar-refractivity contribution in [1.82, 2.24) is 10.3 Å². The topological polar surface area (TPSA) is 80.3 Å². The van der Waals surface area contributed by atoms with Gasteiger partial charge in [-0.1, -0.05) is 24.3 Å². The predicted molar refractivity (Wildman–Crippen MR) is 94.3 cm³/mol. The molecule has 0 aliphatic carbocycles. The Morgan fingerprint density at radius 1 is 1.32 bits per heavy atom. The minimum Gasteiger partial charge on any atom is -0.475 e. The van der Waals surface area contributed by atoms with Crippen LogP contribution in [0, 0.1) is 0 Å². The number of hydrogen-bond acceptors (Lipinski definition) is 4. The number of fused-ring (bicyclic) bond motifs is 1. The molecule has 1 aliphatic rings. The highest BCUT2D eigenvalue weighted by atomic mass is 16.5. The summed E-state index contributed by atoms with van der Waals surface area (Å²) in [5.41, 5.74) is 2.34. The van der Waals surface area contributed by atoms with Gasteiger partial charge in [-0.3, -0.25) is 9.59 Å². The highest BCUT2D eigenvalue weighted by Gasteiger charge is 2.30. The normalized spacial score (nSPS) is 16.1. The van der Waals surface area contributed by atoms with Gasteiger partial charge in [-0.15, -0.1) is 0 Å². The lowest BCUT2D eigenvalue weighted by molar-refractivity contribution is -0.126. The first-order chi connectivity index (χ1) is 12.0. The summed E-state index contributed by atoms with van der Waals surface area (Å²) in [5, 5.41) is 5.71. The van der Waals surface area contributed by atoms with E-state index in [1.54, 1.807) is 12.3 Å². The zero-order valence-electron chi connectivity index (χ0n) is 14.3. The smallest absolute Gasteiger partial charge is 0.228 e. The number of hydrogen-bond donors (Lipinski definition) is 2. The molecule has 1 aromatic carbocycles. The monoisotopic (exact) mass is 339 g/mol. The van der Waals surface area contributed by atoms with E-state index in [0.717, 1.165) is 11.1 Å². The van der Waals surface area contributed by atoms with Gasteiger partial charge in [0.25, 0.3) is 0 Å². The second-order valence-corrected chi connectivity index (χ2v) is 6.24. The van der Waals surface area contributed by atoms with E-state index in [9.17, 15) is 9.59 Å². The molecule has 130 valence electrons. The van der Waals surface area contributed by atoms with Crippen LogP contribution in [-0.2, 0) is 16.1 Å². The number of aromatic nitrogens is 1. The minimum absolute atomic E-state index is 0.00160. The number of benzene rings is 1. The zero-order chi connectivity index (χ0) is 17.8. The van der Waals surface area contributed by atoms with Gasteiger partial charge in [-0.25, -0.2) is 4.98 Å². The maximum Gasteiger partial charge on any atom is 0.228 e. The summed E-state index contributed by atoms with van der Waals surface area (Å²) < 4.78 is 5.67. The first-order valence-electron chi connectivity index (χ1n) is 8.31. The number of nitrogens with zero attached hydrogens (tertiary/aromatic N) is 1. The van der Waals surface area contributed by atoms with E-state index < -0.39 is 5.92 Å². The van der Waals surface area contributed by atoms with E-state index in [1.165, 1.54) is 0 Å². The third-order valence-electron chi connectivity index (χ3n) is 3.97. The Kier molecular flexibility index (Phi) is 4.97. The van der Waals surface area contributed by atoms with Gasteiger partial charge in [0.1, 0.15) is 0 Å². The van der Waals surface area contributed by atoms with Crippen LogP contribution in [0.4, 0.5) is 5.69 Å². The van der Waals surface area contributed by atoms with Crippen molar-refractivity contribution >= 4 is 17.5 Å². The Morgan fingerprint density at radius 3 is 2.92 bits per heavy atom. The van der Waals surface area contributed by atoms with Gasteiger partial charge < -0.3 is 15.4 Å². The Labute approximate surface area is 146 Å². The van der Waals surface area contributed by atoms with E-state index in [-0.39, 0.29) is 24.3 Å². The van der Waals surface area contributed by atoms with Gasteiger partial charge in [0.15, 0.2) is 0 Å². The molecule has 2 heterocycles. The predicted octanol–water partition coefficient (Wildman–Crippen LogP) is 2.61. The number of rotatable bonds is 5. The fraction of sp³-hybridized carbons (Fsp3) is 0.316. The average molecular weight is 339 g/mol. The molecule has 2 aromatic rings. The number of carbonyl (C=O) groups excluding carboxylic acids is 2. The summed E-state index contributed by atoms with van der Waals surface area (Å²) in [7, 11) is 0. The molecule has 0 spiro atoms. The van der Waals surface area contributed by atoms with Crippen LogP contribution in [0.15, 0.2) is 42.6 Å². The van der Waals surface area contributed by atoms with Crippen molar-refractivity contribution in [1.29, 1.82) is 0 Å². The molecule has 0 saturated carbocycles. The first kappa shape index (κ1) is 17.0. The van der Waals surface area contributed by atoms with Crippen molar-refractivity contribution in [3.05, 3.63) is 53.7 Å². The zero-order valence-corrected chi connectivity index (χ0v) is 14.3. The van der Waals surface area contributed by atoms with Crippen LogP contribution in [0.5, 0.6) is 5.88 Å². The van der Waals surface area contributed by atoms with Gasteiger partial charge in [-0.2, -0.15) is 0 Å². The van der Waals surface area contributed by atoms with Crippen LogP contribution < -0.4 is 15.4 Å². The lowest BCUT2D eigenvalue weighted by atomic mass is 9.90. The lowest BCUT2D eigenvalue weighted by Crippen LogP contribution is -2.34. The Morgan fingerprint density at radius 2 is 2.12 bits per heavy atom. The molecule has 25 heavy (non-hydrogen) atoms. The highest BCUT2D eigenvalue weighted by molar-refractivity contribution is 6.01. The van der Waals surface area contributed by atoms with Crippen LogP contribution >= 0.6 is 0 Å². The maximum atomic E-state index is 12.7. The molecule has 3 rings (SSSR count). The number of anilines is 1. The molecule has 0 bridgehead atoms. The minimum atomic E-state index is -0.490. The summed E-state index contributed by atoms with van der Waals surface area (Å²) in [6.07, 6.45) is 1.80. The number of pyridine rings is 1. The van der Waals surface area contributed by atoms with Crippen LogP contribution in [0.2, 0.25) is 0 Å². The third-order valence-corrected chi connectivity index (χ3v) is 3.97. The van der Waals surface area contributed by atoms with E-state index in [1.807, 2.05) is 44.2 Å². The number of para-hydroxylation sites is 1. The molecule has 0 fully saturated rings. The third kappa shape index (κ3) is 3.96. The molecule has 2 amide bonds.